The molecule has 0 atom stereocenters. The number of hydrogen-bond acceptors (Lipinski definition) is 5. The van der Waals surface area contributed by atoms with Crippen molar-refractivity contribution in [2.75, 3.05) is 6.61 Å². The maximum absolute atomic E-state index is 8.40. The lowest BCUT2D eigenvalue weighted by Crippen LogP contribution is -1.88. The molecule has 0 saturated carbocycles. The van der Waals surface area contributed by atoms with E-state index in [1.54, 1.807) is 12.4 Å². The zero-order valence-electron chi connectivity index (χ0n) is 7.67. The standard InChI is InChI=1S/C6H9NO2.C3H3NO/c8-4-1-2-6-7-3-5-9-6;1-2-5-3-4-1/h3,5,8H,1-2,4H2;1-3H. The number of aryl methyl sites for hydroxylation is 1. The average Bonchev–Trinajstić information content (AvgIpc) is 2.90. The van der Waals surface area contributed by atoms with Crippen LogP contribution in [0.25, 0.3) is 0 Å². The number of aromatic nitrogens is 2. The van der Waals surface area contributed by atoms with Gasteiger partial charge in [0.25, 0.3) is 0 Å². The van der Waals surface area contributed by atoms with Crippen molar-refractivity contribution in [3.8, 4) is 0 Å². The molecule has 1 N–H and O–H groups in total. The van der Waals surface area contributed by atoms with E-state index in [2.05, 4.69) is 14.4 Å². The minimum Gasteiger partial charge on any atom is -0.452 e. The number of hydrogen-bond donors (Lipinski definition) is 1. The highest BCUT2D eigenvalue weighted by Gasteiger charge is 1.93. The van der Waals surface area contributed by atoms with Crippen LogP contribution in [0.4, 0.5) is 0 Å². The lowest BCUT2D eigenvalue weighted by Gasteiger charge is -1.88. The highest BCUT2D eigenvalue weighted by atomic mass is 16.3. The van der Waals surface area contributed by atoms with Crippen LogP contribution in [-0.4, -0.2) is 21.7 Å². The summed E-state index contributed by atoms with van der Waals surface area (Å²) in [4.78, 5) is 7.43. The highest BCUT2D eigenvalue weighted by Crippen LogP contribution is 1.97. The molecule has 0 aliphatic heterocycles. The largest absolute Gasteiger partial charge is 0.452 e. The van der Waals surface area contributed by atoms with E-state index >= 15 is 0 Å². The molecule has 0 fully saturated rings. The molecule has 0 unspecified atom stereocenters. The molecule has 2 rings (SSSR count). The summed E-state index contributed by atoms with van der Waals surface area (Å²) in [7, 11) is 0. The molecular formula is C9H12N2O3. The Morgan fingerprint density at radius 3 is 2.64 bits per heavy atom. The van der Waals surface area contributed by atoms with Crippen molar-refractivity contribution in [2.45, 2.75) is 12.8 Å². The molecule has 0 bridgehead atoms. The Kier molecular flexibility index (Phi) is 5.12. The summed E-state index contributed by atoms with van der Waals surface area (Å²) in [6.07, 6.45) is 9.06. The summed E-state index contributed by atoms with van der Waals surface area (Å²) in [6.45, 7) is 0.197. The molecule has 5 nitrogen and oxygen atoms in total. The first-order valence-electron chi connectivity index (χ1n) is 4.25. The van der Waals surface area contributed by atoms with Gasteiger partial charge in [0.05, 0.1) is 12.4 Å². The second-order valence-corrected chi connectivity index (χ2v) is 2.43. The summed E-state index contributed by atoms with van der Waals surface area (Å²) in [6, 6.07) is 0. The topological polar surface area (TPSA) is 72.3 Å². The van der Waals surface area contributed by atoms with Gasteiger partial charge in [-0.3, -0.25) is 0 Å². The normalized spacial score (nSPS) is 9.21. The van der Waals surface area contributed by atoms with Crippen LogP contribution < -0.4 is 0 Å². The van der Waals surface area contributed by atoms with Gasteiger partial charge < -0.3 is 13.9 Å². The van der Waals surface area contributed by atoms with Gasteiger partial charge >= 0.3 is 0 Å². The first kappa shape index (κ1) is 10.5. The molecule has 0 saturated heterocycles. The van der Waals surface area contributed by atoms with Crippen molar-refractivity contribution in [3.63, 3.8) is 0 Å². The van der Waals surface area contributed by atoms with E-state index in [0.717, 1.165) is 12.8 Å². The predicted molar refractivity (Wildman–Crippen MR) is 48.4 cm³/mol. The van der Waals surface area contributed by atoms with Crippen LogP contribution in [-0.2, 0) is 6.42 Å². The van der Waals surface area contributed by atoms with Crippen molar-refractivity contribution in [2.24, 2.45) is 0 Å². The maximum atomic E-state index is 8.40. The predicted octanol–water partition coefficient (Wildman–Crippen LogP) is 1.27. The third-order valence-electron chi connectivity index (χ3n) is 1.38. The third kappa shape index (κ3) is 4.42. The first-order chi connectivity index (χ1) is 6.93. The summed E-state index contributed by atoms with van der Waals surface area (Å²) >= 11 is 0. The van der Waals surface area contributed by atoms with Crippen LogP contribution in [0.3, 0.4) is 0 Å². The third-order valence-corrected chi connectivity index (χ3v) is 1.38. The molecule has 0 aliphatic carbocycles. The Morgan fingerprint density at radius 2 is 2.21 bits per heavy atom. The monoisotopic (exact) mass is 196 g/mol. The minimum atomic E-state index is 0.197. The SMILES string of the molecule is OCCCc1ncco1.c1cocn1. The smallest absolute Gasteiger partial charge is 0.193 e. The fourth-order valence-electron chi connectivity index (χ4n) is 0.782. The molecule has 76 valence electrons. The number of aliphatic hydroxyl groups is 1. The zero-order chi connectivity index (χ0) is 10.1. The van der Waals surface area contributed by atoms with Gasteiger partial charge in [-0.25, -0.2) is 9.97 Å². The highest BCUT2D eigenvalue weighted by molar-refractivity contribution is 4.78. The van der Waals surface area contributed by atoms with Crippen molar-refractivity contribution in [1.82, 2.24) is 9.97 Å². The van der Waals surface area contributed by atoms with Crippen LogP contribution in [0, 0.1) is 0 Å². The zero-order valence-corrected chi connectivity index (χ0v) is 7.67. The molecule has 0 aliphatic rings. The molecule has 0 spiro atoms. The van der Waals surface area contributed by atoms with Crippen LogP contribution in [0.15, 0.2) is 40.1 Å². The van der Waals surface area contributed by atoms with Gasteiger partial charge in [0.15, 0.2) is 12.3 Å². The van der Waals surface area contributed by atoms with Gasteiger partial charge in [-0.1, -0.05) is 0 Å². The van der Waals surface area contributed by atoms with E-state index in [0.29, 0.717) is 5.89 Å². The van der Waals surface area contributed by atoms with Gasteiger partial charge in [-0.05, 0) is 6.42 Å². The summed E-state index contributed by atoms with van der Waals surface area (Å²) in [5.41, 5.74) is 0. The number of nitrogens with zero attached hydrogens (tertiary/aromatic N) is 2. The van der Waals surface area contributed by atoms with Crippen LogP contribution >= 0.6 is 0 Å². The van der Waals surface area contributed by atoms with E-state index in [4.69, 9.17) is 9.52 Å². The van der Waals surface area contributed by atoms with Gasteiger partial charge in [0.2, 0.25) is 0 Å². The van der Waals surface area contributed by atoms with Crippen molar-refractivity contribution >= 4 is 0 Å². The summed E-state index contributed by atoms with van der Waals surface area (Å²) in [5.74, 6) is 0.698. The molecule has 14 heavy (non-hydrogen) atoms. The first-order valence-corrected chi connectivity index (χ1v) is 4.25. The lowest BCUT2D eigenvalue weighted by molar-refractivity contribution is 0.283. The van der Waals surface area contributed by atoms with E-state index in [-0.39, 0.29) is 6.61 Å². The van der Waals surface area contributed by atoms with Crippen LogP contribution in [0.1, 0.15) is 12.3 Å². The van der Waals surface area contributed by atoms with E-state index in [1.165, 1.54) is 18.9 Å². The molecule has 2 aromatic heterocycles. The van der Waals surface area contributed by atoms with Gasteiger partial charge in [-0.15, -0.1) is 0 Å². The molecule has 5 heteroatoms. The van der Waals surface area contributed by atoms with Gasteiger partial charge in [0.1, 0.15) is 12.5 Å². The molecule has 0 amide bonds. The molecule has 2 heterocycles. The minimum absolute atomic E-state index is 0.197. The van der Waals surface area contributed by atoms with Crippen molar-refractivity contribution in [1.29, 1.82) is 0 Å². The molecule has 2 aromatic rings. The molecule has 0 radical (unpaired) electrons. The molecule has 0 aromatic carbocycles. The number of rotatable bonds is 3. The Hall–Kier alpha value is -1.62. The molecular weight excluding hydrogens is 184 g/mol. The van der Waals surface area contributed by atoms with Crippen molar-refractivity contribution < 1.29 is 13.9 Å². The van der Waals surface area contributed by atoms with Crippen molar-refractivity contribution in [3.05, 3.63) is 37.2 Å². The summed E-state index contributed by atoms with van der Waals surface area (Å²) in [5, 5.41) is 8.40. The average molecular weight is 196 g/mol. The van der Waals surface area contributed by atoms with Gasteiger partial charge in [-0.2, -0.15) is 0 Å². The maximum Gasteiger partial charge on any atom is 0.193 e. The van der Waals surface area contributed by atoms with Gasteiger partial charge in [0, 0.05) is 13.0 Å². The quantitative estimate of drug-likeness (QED) is 0.800. The number of oxazole rings is 2. The Bertz CT molecular complexity index is 274. The Morgan fingerprint density at radius 1 is 1.29 bits per heavy atom. The van der Waals surface area contributed by atoms with Crippen LogP contribution in [0.5, 0.6) is 0 Å². The Balaban J connectivity index is 0.000000165. The van der Waals surface area contributed by atoms with Crippen LogP contribution in [0.2, 0.25) is 0 Å². The Labute approximate surface area is 81.4 Å². The fourth-order valence-corrected chi connectivity index (χ4v) is 0.782. The summed E-state index contributed by atoms with van der Waals surface area (Å²) < 4.78 is 9.39. The second-order valence-electron chi connectivity index (χ2n) is 2.43. The van der Waals surface area contributed by atoms with E-state index in [9.17, 15) is 0 Å². The second kappa shape index (κ2) is 6.85. The van der Waals surface area contributed by atoms with E-state index < -0.39 is 0 Å². The van der Waals surface area contributed by atoms with E-state index in [1.807, 2.05) is 0 Å². The lowest BCUT2D eigenvalue weighted by atomic mass is 10.3. The number of aliphatic hydroxyl groups excluding tert-OH is 1. The fraction of sp³-hybridized carbons (Fsp3) is 0.333.